The van der Waals surface area contributed by atoms with Gasteiger partial charge in [-0.25, -0.2) is 19.3 Å². The number of anilines is 4. The first-order valence-corrected chi connectivity index (χ1v) is 11.6. The number of halogens is 1. The van der Waals surface area contributed by atoms with Crippen molar-refractivity contribution in [3.8, 4) is 11.3 Å². The van der Waals surface area contributed by atoms with E-state index in [-0.39, 0.29) is 6.33 Å². The van der Waals surface area contributed by atoms with Crippen LogP contribution in [0.3, 0.4) is 0 Å². The first-order valence-electron chi connectivity index (χ1n) is 11.6. The number of amides is 1. The lowest BCUT2D eigenvalue weighted by atomic mass is 10.1. The van der Waals surface area contributed by atoms with Gasteiger partial charge in [0, 0.05) is 61.3 Å². The van der Waals surface area contributed by atoms with Gasteiger partial charge in [0.15, 0.2) is 0 Å². The lowest BCUT2D eigenvalue weighted by Gasteiger charge is -2.33. The van der Waals surface area contributed by atoms with Gasteiger partial charge in [-0.3, -0.25) is 9.78 Å². The minimum absolute atomic E-state index is 0.197. The maximum atomic E-state index is 12.3. The van der Waals surface area contributed by atoms with Crippen LogP contribution in [0.2, 0.25) is 0 Å². The average Bonchev–Trinajstić information content (AvgIpc) is 2.89. The standard InChI is InChI=1S/C26H25FN8O/c1-34-11-13-35(14-12-34)23-6-5-20(17-29-23)32-26-30-16-18-3-2-4-21(25(18)33-26)22-15-19(8-10-28-22)31-24(36)7-9-27/h2-10,15-17H,11-14H2,1H3,(H,28,31,36)(H,30,32,33)/b9-7+. The molecule has 10 heteroatoms. The van der Waals surface area contributed by atoms with Gasteiger partial charge in [-0.2, -0.15) is 0 Å². The molecule has 1 saturated heterocycles. The Bertz CT molecular complexity index is 1400. The molecule has 1 aliphatic heterocycles. The molecule has 1 aromatic carbocycles. The van der Waals surface area contributed by atoms with Crippen LogP contribution < -0.4 is 15.5 Å². The number of fused-ring (bicyclic) bond motifs is 1. The predicted molar refractivity (Wildman–Crippen MR) is 139 cm³/mol. The maximum absolute atomic E-state index is 12.3. The zero-order valence-corrected chi connectivity index (χ0v) is 19.7. The Morgan fingerprint density at radius 1 is 1.00 bits per heavy atom. The lowest BCUT2D eigenvalue weighted by molar-refractivity contribution is -0.111. The fourth-order valence-electron chi connectivity index (χ4n) is 4.03. The van der Waals surface area contributed by atoms with Gasteiger partial charge in [-0.1, -0.05) is 18.2 Å². The molecule has 3 aromatic heterocycles. The summed E-state index contributed by atoms with van der Waals surface area (Å²) in [5, 5.41) is 6.69. The van der Waals surface area contributed by atoms with Crippen LogP contribution in [-0.4, -0.2) is 64.0 Å². The molecule has 36 heavy (non-hydrogen) atoms. The predicted octanol–water partition coefficient (Wildman–Crippen LogP) is 4.00. The number of para-hydroxylation sites is 1. The largest absolute Gasteiger partial charge is 0.354 e. The molecular formula is C26H25FN8O. The van der Waals surface area contributed by atoms with Crippen LogP contribution in [-0.2, 0) is 4.79 Å². The number of carbonyl (C=O) groups is 1. The van der Waals surface area contributed by atoms with E-state index in [1.165, 1.54) is 0 Å². The van der Waals surface area contributed by atoms with E-state index in [9.17, 15) is 9.18 Å². The quantitative estimate of drug-likeness (QED) is 0.396. The number of piperazine rings is 1. The number of aromatic nitrogens is 4. The minimum atomic E-state index is -0.561. The van der Waals surface area contributed by atoms with Gasteiger partial charge in [-0.15, -0.1) is 0 Å². The molecule has 0 spiro atoms. The van der Waals surface area contributed by atoms with Crippen LogP contribution in [0.25, 0.3) is 22.2 Å². The van der Waals surface area contributed by atoms with Gasteiger partial charge in [0.25, 0.3) is 5.91 Å². The summed E-state index contributed by atoms with van der Waals surface area (Å²) in [5.74, 6) is 0.825. The molecule has 2 N–H and O–H groups in total. The topological polar surface area (TPSA) is 99.2 Å². The van der Waals surface area contributed by atoms with E-state index in [0.29, 0.717) is 22.8 Å². The number of benzene rings is 1. The lowest BCUT2D eigenvalue weighted by Crippen LogP contribution is -2.44. The van der Waals surface area contributed by atoms with E-state index >= 15 is 0 Å². The van der Waals surface area contributed by atoms with Gasteiger partial charge in [0.2, 0.25) is 5.95 Å². The number of rotatable bonds is 6. The molecule has 1 aliphatic rings. The number of pyridine rings is 2. The Morgan fingerprint density at radius 3 is 2.64 bits per heavy atom. The van der Waals surface area contributed by atoms with Crippen LogP contribution in [0, 0.1) is 0 Å². The van der Waals surface area contributed by atoms with Gasteiger partial charge >= 0.3 is 0 Å². The molecule has 0 saturated carbocycles. The minimum Gasteiger partial charge on any atom is -0.354 e. The molecule has 1 fully saturated rings. The highest BCUT2D eigenvalue weighted by Gasteiger charge is 2.15. The highest BCUT2D eigenvalue weighted by molar-refractivity contribution is 6.00. The van der Waals surface area contributed by atoms with Crippen molar-refractivity contribution in [1.82, 2.24) is 24.8 Å². The molecular weight excluding hydrogens is 459 g/mol. The smallest absolute Gasteiger partial charge is 0.250 e. The molecule has 0 bridgehead atoms. The zero-order valence-electron chi connectivity index (χ0n) is 19.7. The first kappa shape index (κ1) is 23.3. The first-order chi connectivity index (χ1) is 17.6. The Balaban J connectivity index is 1.38. The van der Waals surface area contributed by atoms with E-state index in [1.807, 2.05) is 30.3 Å². The van der Waals surface area contributed by atoms with Crippen molar-refractivity contribution in [1.29, 1.82) is 0 Å². The molecule has 0 atom stereocenters. The van der Waals surface area contributed by atoms with Crippen molar-refractivity contribution in [2.45, 2.75) is 0 Å². The van der Waals surface area contributed by atoms with Crippen LogP contribution in [0.15, 0.2) is 73.5 Å². The van der Waals surface area contributed by atoms with Gasteiger partial charge in [0.1, 0.15) is 5.82 Å². The van der Waals surface area contributed by atoms with Crippen molar-refractivity contribution in [3.05, 3.63) is 73.5 Å². The summed E-state index contributed by atoms with van der Waals surface area (Å²) in [4.78, 5) is 34.5. The molecule has 4 aromatic rings. The van der Waals surface area contributed by atoms with Gasteiger partial charge in [0.05, 0.1) is 29.4 Å². The third-order valence-corrected chi connectivity index (χ3v) is 5.96. The number of nitrogens with one attached hydrogen (secondary N) is 2. The molecule has 0 aliphatic carbocycles. The SMILES string of the molecule is CN1CCN(c2ccc(Nc3ncc4cccc(-c5cc(NC(=O)/C=C/F)ccn5)c4n3)cn2)CC1. The summed E-state index contributed by atoms with van der Waals surface area (Å²) in [7, 11) is 2.13. The van der Waals surface area contributed by atoms with E-state index < -0.39 is 5.91 Å². The van der Waals surface area contributed by atoms with Crippen LogP contribution in [0.5, 0.6) is 0 Å². The summed E-state index contributed by atoms with van der Waals surface area (Å²) < 4.78 is 12.3. The monoisotopic (exact) mass is 484 g/mol. The van der Waals surface area contributed by atoms with Crippen molar-refractivity contribution in [3.63, 3.8) is 0 Å². The molecule has 182 valence electrons. The molecule has 5 rings (SSSR count). The number of likely N-dealkylation sites (N-methyl/N-ethyl adjacent to an activating group) is 1. The normalized spacial score (nSPS) is 14.3. The second-order valence-electron chi connectivity index (χ2n) is 8.47. The van der Waals surface area contributed by atoms with Gasteiger partial charge in [-0.05, 0) is 31.3 Å². The summed E-state index contributed by atoms with van der Waals surface area (Å²) in [6, 6.07) is 13.1. The highest BCUT2D eigenvalue weighted by Crippen LogP contribution is 2.28. The van der Waals surface area contributed by atoms with Gasteiger partial charge < -0.3 is 20.4 Å². The van der Waals surface area contributed by atoms with Crippen LogP contribution in [0.4, 0.5) is 27.5 Å². The third-order valence-electron chi connectivity index (χ3n) is 5.96. The summed E-state index contributed by atoms with van der Waals surface area (Å²) in [6.45, 7) is 3.96. The molecule has 1 amide bonds. The number of hydrogen-bond donors (Lipinski definition) is 2. The Morgan fingerprint density at radius 2 is 1.86 bits per heavy atom. The fraction of sp³-hybridized carbons (Fsp3) is 0.192. The van der Waals surface area contributed by atoms with E-state index in [1.54, 1.807) is 30.7 Å². The average molecular weight is 485 g/mol. The van der Waals surface area contributed by atoms with E-state index in [4.69, 9.17) is 4.98 Å². The number of carbonyl (C=O) groups excluding carboxylic acids is 1. The van der Waals surface area contributed by atoms with E-state index in [0.717, 1.165) is 54.7 Å². The summed E-state index contributed by atoms with van der Waals surface area (Å²) in [5.41, 5.74) is 3.38. The molecule has 0 unspecified atom stereocenters. The maximum Gasteiger partial charge on any atom is 0.250 e. The van der Waals surface area contributed by atoms with Crippen molar-refractivity contribution >= 4 is 40.0 Å². The second kappa shape index (κ2) is 10.4. The molecule has 4 heterocycles. The molecule has 9 nitrogen and oxygen atoms in total. The second-order valence-corrected chi connectivity index (χ2v) is 8.47. The number of hydrogen-bond acceptors (Lipinski definition) is 8. The number of nitrogens with zero attached hydrogens (tertiary/aromatic N) is 6. The highest BCUT2D eigenvalue weighted by atomic mass is 19.1. The Hall–Kier alpha value is -4.44. The van der Waals surface area contributed by atoms with Crippen LogP contribution in [0.1, 0.15) is 0 Å². The fourth-order valence-corrected chi connectivity index (χ4v) is 4.03. The van der Waals surface area contributed by atoms with Crippen molar-refractivity contribution < 1.29 is 9.18 Å². The Labute approximate surface area is 207 Å². The molecule has 0 radical (unpaired) electrons. The third kappa shape index (κ3) is 5.28. The zero-order chi connectivity index (χ0) is 24.9. The van der Waals surface area contributed by atoms with E-state index in [2.05, 4.69) is 42.4 Å². The Kier molecular flexibility index (Phi) is 6.76. The van der Waals surface area contributed by atoms with Crippen molar-refractivity contribution in [2.75, 3.05) is 48.8 Å². The van der Waals surface area contributed by atoms with Crippen molar-refractivity contribution in [2.24, 2.45) is 0 Å². The summed E-state index contributed by atoms with van der Waals surface area (Å²) in [6.07, 6.45) is 6.13. The summed E-state index contributed by atoms with van der Waals surface area (Å²) >= 11 is 0. The van der Waals surface area contributed by atoms with Crippen LogP contribution >= 0.6 is 0 Å².